The summed E-state index contributed by atoms with van der Waals surface area (Å²) in [6.45, 7) is 2.80. The van der Waals surface area contributed by atoms with E-state index in [2.05, 4.69) is 51.5 Å². The van der Waals surface area contributed by atoms with E-state index in [0.29, 0.717) is 6.54 Å². The lowest BCUT2D eigenvalue weighted by Gasteiger charge is -2.08. The maximum Gasteiger partial charge on any atom is 0.159 e. The molecule has 0 saturated carbocycles. The molecule has 24 heavy (non-hydrogen) atoms. The highest BCUT2D eigenvalue weighted by Gasteiger charge is 2.06. The fraction of sp³-hybridized carbons (Fsp3) is 0.105. The number of hydrogen-bond donors (Lipinski definition) is 1. The maximum atomic E-state index is 4.65. The molecule has 0 bridgehead atoms. The molecule has 0 unspecified atom stereocenters. The number of hydrogen-bond acceptors (Lipinski definition) is 4. The van der Waals surface area contributed by atoms with Crippen LogP contribution in [0.4, 0.5) is 5.82 Å². The number of aryl methyl sites for hydroxylation is 1. The van der Waals surface area contributed by atoms with Gasteiger partial charge in [0.15, 0.2) is 5.82 Å². The van der Waals surface area contributed by atoms with Gasteiger partial charge in [-0.2, -0.15) is 0 Å². The highest BCUT2D eigenvalue weighted by molar-refractivity contribution is 5.76. The van der Waals surface area contributed by atoms with E-state index in [0.717, 1.165) is 22.7 Å². The van der Waals surface area contributed by atoms with E-state index in [1.165, 1.54) is 11.1 Å². The van der Waals surface area contributed by atoms with Crippen molar-refractivity contribution in [2.24, 2.45) is 0 Å². The molecule has 4 aromatic rings. The van der Waals surface area contributed by atoms with E-state index in [1.807, 2.05) is 28.8 Å². The monoisotopic (exact) mass is 315 g/mol. The standard InChI is InChI=1S/C19H17N5/c1-14-6-8-15(9-7-14)10-21-18-11-20-12-19(23-18)24-13-22-16-4-2-3-5-17(16)24/h2-9,11-13H,10H2,1H3,(H,21,23). The molecule has 2 aromatic heterocycles. The summed E-state index contributed by atoms with van der Waals surface area (Å²) in [6.07, 6.45) is 5.25. The predicted molar refractivity (Wildman–Crippen MR) is 95.2 cm³/mol. The molecular formula is C19H17N5. The van der Waals surface area contributed by atoms with Crippen LogP contribution in [0.15, 0.2) is 67.3 Å². The fourth-order valence-corrected chi connectivity index (χ4v) is 2.60. The van der Waals surface area contributed by atoms with E-state index in [9.17, 15) is 0 Å². The topological polar surface area (TPSA) is 55.6 Å². The van der Waals surface area contributed by atoms with Gasteiger partial charge in [-0.05, 0) is 24.6 Å². The Bertz CT molecular complexity index is 972. The first-order valence-corrected chi connectivity index (χ1v) is 7.83. The Labute approximate surface area is 140 Å². The van der Waals surface area contributed by atoms with Gasteiger partial charge in [-0.25, -0.2) is 9.97 Å². The highest BCUT2D eigenvalue weighted by Crippen LogP contribution is 2.17. The van der Waals surface area contributed by atoms with Crippen molar-refractivity contribution in [3.63, 3.8) is 0 Å². The van der Waals surface area contributed by atoms with E-state index >= 15 is 0 Å². The third-order valence-electron chi connectivity index (χ3n) is 3.92. The van der Waals surface area contributed by atoms with Crippen molar-refractivity contribution >= 4 is 16.9 Å². The smallest absolute Gasteiger partial charge is 0.159 e. The first-order chi connectivity index (χ1) is 11.8. The van der Waals surface area contributed by atoms with Crippen LogP contribution in [0.3, 0.4) is 0 Å². The minimum Gasteiger partial charge on any atom is -0.365 e. The van der Waals surface area contributed by atoms with Crippen molar-refractivity contribution in [3.8, 4) is 5.82 Å². The number of rotatable bonds is 4. The minimum absolute atomic E-state index is 0.711. The number of imidazole rings is 1. The van der Waals surface area contributed by atoms with E-state index in [-0.39, 0.29) is 0 Å². The number of anilines is 1. The number of nitrogens with zero attached hydrogens (tertiary/aromatic N) is 4. The molecule has 5 nitrogen and oxygen atoms in total. The summed E-state index contributed by atoms with van der Waals surface area (Å²) in [5, 5.41) is 3.32. The van der Waals surface area contributed by atoms with Gasteiger partial charge in [-0.15, -0.1) is 0 Å². The fourth-order valence-electron chi connectivity index (χ4n) is 2.60. The number of fused-ring (bicyclic) bond motifs is 1. The molecule has 4 rings (SSSR count). The van der Waals surface area contributed by atoms with Gasteiger partial charge in [0.25, 0.3) is 0 Å². The van der Waals surface area contributed by atoms with Gasteiger partial charge in [0, 0.05) is 6.54 Å². The normalized spacial score (nSPS) is 10.9. The molecule has 1 N–H and O–H groups in total. The number of benzene rings is 2. The Kier molecular flexibility index (Phi) is 3.67. The van der Waals surface area contributed by atoms with Crippen molar-refractivity contribution in [3.05, 3.63) is 78.4 Å². The molecule has 0 aliphatic heterocycles. The number of para-hydroxylation sites is 2. The molecule has 0 radical (unpaired) electrons. The Morgan fingerprint density at radius 3 is 2.71 bits per heavy atom. The summed E-state index contributed by atoms with van der Waals surface area (Å²) >= 11 is 0. The average Bonchev–Trinajstić information content (AvgIpc) is 3.06. The zero-order valence-electron chi connectivity index (χ0n) is 13.3. The average molecular weight is 315 g/mol. The molecular weight excluding hydrogens is 298 g/mol. The quantitative estimate of drug-likeness (QED) is 0.623. The van der Waals surface area contributed by atoms with Gasteiger partial charge in [0.2, 0.25) is 0 Å². The van der Waals surface area contributed by atoms with Gasteiger partial charge in [0.05, 0.1) is 23.4 Å². The number of aromatic nitrogens is 4. The molecule has 0 atom stereocenters. The summed E-state index contributed by atoms with van der Waals surface area (Å²) in [5.74, 6) is 1.49. The third kappa shape index (κ3) is 2.84. The zero-order chi connectivity index (χ0) is 16.4. The Balaban J connectivity index is 1.58. The van der Waals surface area contributed by atoms with E-state index < -0.39 is 0 Å². The molecule has 0 aliphatic carbocycles. The SMILES string of the molecule is Cc1ccc(CNc2cncc(-n3cnc4ccccc43)n2)cc1. The largest absolute Gasteiger partial charge is 0.365 e. The molecule has 0 fully saturated rings. The van der Waals surface area contributed by atoms with Gasteiger partial charge in [0.1, 0.15) is 12.1 Å². The van der Waals surface area contributed by atoms with Crippen molar-refractivity contribution in [1.82, 2.24) is 19.5 Å². The van der Waals surface area contributed by atoms with Crippen molar-refractivity contribution in [2.75, 3.05) is 5.32 Å². The van der Waals surface area contributed by atoms with Crippen LogP contribution < -0.4 is 5.32 Å². The lowest BCUT2D eigenvalue weighted by molar-refractivity contribution is 0.983. The van der Waals surface area contributed by atoms with Crippen molar-refractivity contribution in [2.45, 2.75) is 13.5 Å². The summed E-state index contributed by atoms with van der Waals surface area (Å²) in [7, 11) is 0. The van der Waals surface area contributed by atoms with Gasteiger partial charge < -0.3 is 5.32 Å². The molecule has 0 spiro atoms. The Morgan fingerprint density at radius 2 is 1.83 bits per heavy atom. The van der Waals surface area contributed by atoms with Crippen LogP contribution in [0.2, 0.25) is 0 Å². The second kappa shape index (κ2) is 6.12. The van der Waals surface area contributed by atoms with E-state index in [4.69, 9.17) is 0 Å². The molecule has 118 valence electrons. The maximum absolute atomic E-state index is 4.65. The second-order valence-electron chi connectivity index (χ2n) is 5.70. The lowest BCUT2D eigenvalue weighted by Crippen LogP contribution is -2.05. The van der Waals surface area contributed by atoms with Crippen LogP contribution in [0.25, 0.3) is 16.9 Å². The third-order valence-corrected chi connectivity index (χ3v) is 3.92. The van der Waals surface area contributed by atoms with Crippen LogP contribution in [-0.4, -0.2) is 19.5 Å². The molecule has 5 heteroatoms. The van der Waals surface area contributed by atoms with Crippen LogP contribution in [0.5, 0.6) is 0 Å². The predicted octanol–water partition coefficient (Wildman–Crippen LogP) is 3.74. The second-order valence-corrected chi connectivity index (χ2v) is 5.70. The molecule has 0 aliphatic rings. The van der Waals surface area contributed by atoms with Gasteiger partial charge in [-0.3, -0.25) is 9.55 Å². The molecule has 2 heterocycles. The van der Waals surface area contributed by atoms with Gasteiger partial charge in [-0.1, -0.05) is 42.0 Å². The van der Waals surface area contributed by atoms with Crippen molar-refractivity contribution < 1.29 is 0 Å². The number of nitrogens with one attached hydrogen (secondary N) is 1. The summed E-state index contributed by atoms with van der Waals surface area (Å²) in [5.41, 5.74) is 4.42. The minimum atomic E-state index is 0.711. The van der Waals surface area contributed by atoms with Crippen molar-refractivity contribution in [1.29, 1.82) is 0 Å². The van der Waals surface area contributed by atoms with Crippen LogP contribution in [0.1, 0.15) is 11.1 Å². The Hall–Kier alpha value is -3.21. The van der Waals surface area contributed by atoms with Crippen LogP contribution >= 0.6 is 0 Å². The first-order valence-electron chi connectivity index (χ1n) is 7.83. The van der Waals surface area contributed by atoms with Crippen LogP contribution in [-0.2, 0) is 6.54 Å². The zero-order valence-corrected chi connectivity index (χ0v) is 13.3. The summed E-state index contributed by atoms with van der Waals surface area (Å²) in [4.78, 5) is 13.3. The van der Waals surface area contributed by atoms with Gasteiger partial charge >= 0.3 is 0 Å². The van der Waals surface area contributed by atoms with E-state index in [1.54, 1.807) is 18.7 Å². The highest BCUT2D eigenvalue weighted by atomic mass is 15.1. The molecule has 0 saturated heterocycles. The molecule has 2 aromatic carbocycles. The Morgan fingerprint density at radius 1 is 1.00 bits per heavy atom. The lowest BCUT2D eigenvalue weighted by atomic mass is 10.1. The summed E-state index contributed by atoms with van der Waals surface area (Å²) in [6, 6.07) is 16.4. The molecule has 0 amide bonds. The first kappa shape index (κ1) is 14.4. The summed E-state index contributed by atoms with van der Waals surface area (Å²) < 4.78 is 1.94. The van der Waals surface area contributed by atoms with Crippen LogP contribution in [0, 0.1) is 6.92 Å².